The molecule has 31 heavy (non-hydrogen) atoms. The van der Waals surface area contributed by atoms with Gasteiger partial charge < -0.3 is 24.8 Å². The first-order chi connectivity index (χ1) is 14.9. The number of amides is 1. The summed E-state index contributed by atoms with van der Waals surface area (Å²) in [4.78, 5) is 19.4. The number of β-amino-alcohol motifs (C(OH)–C–C–N with tert-alkyl or cyclic N) is 1. The number of imidazole rings is 1. The SMILES string of the molecule is C[C@H](O)c1cc(Br)cn2cc(C(=O)N3CC[C@]4(Cc5ccccc5CN4)[C@H](O)C3)nc12. The van der Waals surface area contributed by atoms with E-state index in [1.165, 1.54) is 11.1 Å². The third-order valence-corrected chi connectivity index (χ3v) is 7.05. The molecule has 1 fully saturated rings. The minimum atomic E-state index is -0.706. The highest BCUT2D eigenvalue weighted by Gasteiger charge is 2.45. The van der Waals surface area contributed by atoms with Crippen molar-refractivity contribution in [2.24, 2.45) is 0 Å². The summed E-state index contributed by atoms with van der Waals surface area (Å²) in [7, 11) is 0. The minimum Gasteiger partial charge on any atom is -0.389 e. The lowest BCUT2D eigenvalue weighted by molar-refractivity contribution is -0.0140. The van der Waals surface area contributed by atoms with Gasteiger partial charge in [-0.1, -0.05) is 24.3 Å². The van der Waals surface area contributed by atoms with Crippen LogP contribution in [0.3, 0.4) is 0 Å². The monoisotopic (exact) mass is 484 g/mol. The molecular weight excluding hydrogens is 460 g/mol. The average molecular weight is 485 g/mol. The van der Waals surface area contributed by atoms with Crippen LogP contribution in [0, 0.1) is 0 Å². The van der Waals surface area contributed by atoms with Crippen LogP contribution in [-0.2, 0) is 13.0 Å². The Balaban J connectivity index is 1.37. The first-order valence-electron chi connectivity index (χ1n) is 10.5. The summed E-state index contributed by atoms with van der Waals surface area (Å²) in [6.07, 6.45) is 3.55. The first kappa shape index (κ1) is 20.6. The van der Waals surface area contributed by atoms with Crippen molar-refractivity contribution < 1.29 is 15.0 Å². The van der Waals surface area contributed by atoms with Gasteiger partial charge in [-0.15, -0.1) is 0 Å². The van der Waals surface area contributed by atoms with E-state index in [0.29, 0.717) is 29.9 Å². The minimum absolute atomic E-state index is 0.207. The van der Waals surface area contributed by atoms with Crippen molar-refractivity contribution in [2.75, 3.05) is 13.1 Å². The van der Waals surface area contributed by atoms with E-state index in [2.05, 4.69) is 38.4 Å². The summed E-state index contributed by atoms with van der Waals surface area (Å²) in [6, 6.07) is 10.1. The van der Waals surface area contributed by atoms with Gasteiger partial charge in [0, 0.05) is 42.1 Å². The molecule has 4 heterocycles. The Morgan fingerprint density at radius 2 is 2.10 bits per heavy atom. The Bertz CT molecular complexity index is 1160. The van der Waals surface area contributed by atoms with E-state index in [0.717, 1.165) is 17.4 Å². The molecule has 2 aliphatic rings. The molecule has 5 rings (SSSR count). The molecule has 0 bridgehead atoms. The molecule has 0 saturated carbocycles. The van der Waals surface area contributed by atoms with Gasteiger partial charge in [-0.05, 0) is 52.9 Å². The Morgan fingerprint density at radius 3 is 2.84 bits per heavy atom. The highest BCUT2D eigenvalue weighted by Crippen LogP contribution is 2.33. The van der Waals surface area contributed by atoms with Crippen LogP contribution in [0.5, 0.6) is 0 Å². The molecule has 2 aliphatic heterocycles. The summed E-state index contributed by atoms with van der Waals surface area (Å²) in [5.74, 6) is -0.207. The predicted molar refractivity (Wildman–Crippen MR) is 120 cm³/mol. The highest BCUT2D eigenvalue weighted by molar-refractivity contribution is 9.10. The maximum atomic E-state index is 13.2. The molecule has 8 heteroatoms. The van der Waals surface area contributed by atoms with Gasteiger partial charge in [0.1, 0.15) is 11.3 Å². The predicted octanol–water partition coefficient (Wildman–Crippen LogP) is 2.44. The third-order valence-electron chi connectivity index (χ3n) is 6.62. The van der Waals surface area contributed by atoms with Crippen molar-refractivity contribution in [1.82, 2.24) is 19.6 Å². The van der Waals surface area contributed by atoms with E-state index in [-0.39, 0.29) is 12.5 Å². The Kier molecular flexibility index (Phi) is 5.13. The molecule has 1 saturated heterocycles. The van der Waals surface area contributed by atoms with E-state index in [1.54, 1.807) is 22.4 Å². The molecular formula is C23H25BrN4O3. The number of pyridine rings is 1. The molecule has 7 nitrogen and oxygen atoms in total. The van der Waals surface area contributed by atoms with Gasteiger partial charge in [0.25, 0.3) is 5.91 Å². The largest absolute Gasteiger partial charge is 0.389 e. The van der Waals surface area contributed by atoms with Gasteiger partial charge in [0.2, 0.25) is 0 Å². The van der Waals surface area contributed by atoms with Crippen LogP contribution < -0.4 is 5.32 Å². The zero-order valence-corrected chi connectivity index (χ0v) is 18.8. The van der Waals surface area contributed by atoms with Crippen LogP contribution in [-0.4, -0.2) is 55.1 Å². The number of rotatable bonds is 2. The topological polar surface area (TPSA) is 90.1 Å². The Labute approximate surface area is 188 Å². The molecule has 1 amide bonds. The summed E-state index contributed by atoms with van der Waals surface area (Å²) < 4.78 is 2.55. The first-order valence-corrected chi connectivity index (χ1v) is 11.3. The third kappa shape index (κ3) is 3.57. The van der Waals surface area contributed by atoms with Crippen LogP contribution in [0.4, 0.5) is 0 Å². The molecule has 2 aromatic heterocycles. The van der Waals surface area contributed by atoms with Crippen LogP contribution in [0.1, 0.15) is 46.6 Å². The molecule has 1 spiro atoms. The molecule has 0 radical (unpaired) electrons. The molecule has 3 aromatic rings. The van der Waals surface area contributed by atoms with Crippen molar-refractivity contribution in [3.05, 3.63) is 69.6 Å². The zero-order valence-electron chi connectivity index (χ0n) is 17.3. The maximum absolute atomic E-state index is 13.2. The summed E-state index contributed by atoms with van der Waals surface area (Å²) in [6.45, 7) is 3.21. The zero-order chi connectivity index (χ0) is 21.8. The van der Waals surface area contributed by atoms with E-state index < -0.39 is 17.7 Å². The molecule has 0 aliphatic carbocycles. The molecule has 1 aromatic carbocycles. The lowest BCUT2D eigenvalue weighted by Gasteiger charge is -2.48. The van der Waals surface area contributed by atoms with Crippen molar-refractivity contribution >= 4 is 27.5 Å². The maximum Gasteiger partial charge on any atom is 0.274 e. The molecule has 3 N–H and O–H groups in total. The lowest BCUT2D eigenvalue weighted by Crippen LogP contribution is -2.65. The van der Waals surface area contributed by atoms with Crippen LogP contribution in [0.15, 0.2) is 47.2 Å². The quantitative estimate of drug-likeness (QED) is 0.519. The number of likely N-dealkylation sites (tertiary alicyclic amines) is 1. The number of aliphatic hydroxyl groups excluding tert-OH is 2. The standard InChI is InChI=1S/C23H25BrN4O3/c1-14(29)18-8-17(24)11-28-12-19(26-21(18)28)22(31)27-7-6-23(20(30)13-27)9-15-4-2-3-5-16(15)10-25-23/h2-5,8,11-12,14,20,25,29-30H,6-7,9-10,13H2,1H3/t14-,20+,23-/m0/s1. The number of benzene rings is 1. The number of carbonyl (C=O) groups excluding carboxylic acids is 1. The second-order valence-corrected chi connectivity index (χ2v) is 9.53. The van der Waals surface area contributed by atoms with Crippen LogP contribution in [0.2, 0.25) is 0 Å². The van der Waals surface area contributed by atoms with Gasteiger partial charge in [0.05, 0.1) is 17.7 Å². The van der Waals surface area contributed by atoms with Crippen molar-refractivity contribution in [1.29, 1.82) is 0 Å². The number of hydrogen-bond donors (Lipinski definition) is 3. The smallest absolute Gasteiger partial charge is 0.274 e. The van der Waals surface area contributed by atoms with Gasteiger partial charge >= 0.3 is 0 Å². The number of carbonyl (C=O) groups is 1. The average Bonchev–Trinajstić information content (AvgIpc) is 3.18. The normalized spacial score (nSPS) is 24.4. The number of aromatic nitrogens is 2. The summed E-state index contributed by atoms with van der Waals surface area (Å²) in [5, 5.41) is 24.7. The second-order valence-electron chi connectivity index (χ2n) is 8.62. The number of aliphatic hydroxyl groups is 2. The highest BCUT2D eigenvalue weighted by atomic mass is 79.9. The molecule has 162 valence electrons. The fourth-order valence-electron chi connectivity index (χ4n) is 4.81. The van der Waals surface area contributed by atoms with Crippen LogP contribution in [0.25, 0.3) is 5.65 Å². The fourth-order valence-corrected chi connectivity index (χ4v) is 5.28. The number of fused-ring (bicyclic) bond motifs is 2. The van der Waals surface area contributed by atoms with E-state index in [4.69, 9.17) is 0 Å². The van der Waals surface area contributed by atoms with Gasteiger partial charge in [-0.3, -0.25) is 4.79 Å². The van der Waals surface area contributed by atoms with E-state index in [1.807, 2.05) is 24.4 Å². The second kappa shape index (κ2) is 7.70. The van der Waals surface area contributed by atoms with Crippen LogP contribution >= 0.6 is 15.9 Å². The summed E-state index contributed by atoms with van der Waals surface area (Å²) in [5.41, 5.74) is 3.64. The summed E-state index contributed by atoms with van der Waals surface area (Å²) >= 11 is 3.44. The van der Waals surface area contributed by atoms with Crippen molar-refractivity contribution in [3.8, 4) is 0 Å². The van der Waals surface area contributed by atoms with Gasteiger partial charge in [-0.25, -0.2) is 4.98 Å². The van der Waals surface area contributed by atoms with Gasteiger partial charge in [-0.2, -0.15) is 0 Å². The fraction of sp³-hybridized carbons (Fsp3) is 0.391. The van der Waals surface area contributed by atoms with Gasteiger partial charge in [0.15, 0.2) is 0 Å². The number of halogens is 1. The molecule has 0 unspecified atom stereocenters. The molecule has 3 atom stereocenters. The number of piperidine rings is 1. The van der Waals surface area contributed by atoms with Crippen molar-refractivity contribution in [2.45, 2.75) is 44.1 Å². The lowest BCUT2D eigenvalue weighted by atomic mass is 9.76. The number of hydrogen-bond acceptors (Lipinski definition) is 5. The Morgan fingerprint density at radius 1 is 1.32 bits per heavy atom. The number of nitrogens with one attached hydrogen (secondary N) is 1. The Hall–Kier alpha value is -2.26. The van der Waals surface area contributed by atoms with E-state index in [9.17, 15) is 15.0 Å². The van der Waals surface area contributed by atoms with E-state index >= 15 is 0 Å². The number of nitrogens with zero attached hydrogens (tertiary/aromatic N) is 3. The van der Waals surface area contributed by atoms with Crippen molar-refractivity contribution in [3.63, 3.8) is 0 Å².